The summed E-state index contributed by atoms with van der Waals surface area (Å²) in [5.74, 6) is 0.432. The van der Waals surface area contributed by atoms with Gasteiger partial charge in [0.2, 0.25) is 0 Å². The second-order valence-electron chi connectivity index (χ2n) is 9.73. The van der Waals surface area contributed by atoms with Crippen molar-refractivity contribution in [1.82, 2.24) is 4.57 Å². The van der Waals surface area contributed by atoms with Gasteiger partial charge in [-0.1, -0.05) is 43.3 Å². The van der Waals surface area contributed by atoms with Gasteiger partial charge < -0.3 is 8.98 Å². The van der Waals surface area contributed by atoms with E-state index >= 15 is 0 Å². The predicted molar refractivity (Wildman–Crippen MR) is 147 cm³/mol. The number of nitrogens with zero attached hydrogens (tertiary/aromatic N) is 3. The summed E-state index contributed by atoms with van der Waals surface area (Å²) in [7, 11) is 0. The van der Waals surface area contributed by atoms with Crippen molar-refractivity contribution < 1.29 is 4.42 Å². The monoisotopic (exact) mass is 475 g/mol. The Bertz CT molecular complexity index is 2010. The summed E-state index contributed by atoms with van der Waals surface area (Å²) in [5, 5.41) is 22.0. The fourth-order valence-corrected chi connectivity index (χ4v) is 5.66. The molecule has 0 aliphatic heterocycles. The van der Waals surface area contributed by atoms with E-state index in [0.29, 0.717) is 17.0 Å². The largest absolute Gasteiger partial charge is 0.456 e. The molecule has 7 rings (SSSR count). The van der Waals surface area contributed by atoms with Gasteiger partial charge in [-0.25, -0.2) is 0 Å². The van der Waals surface area contributed by atoms with Gasteiger partial charge in [-0.15, -0.1) is 0 Å². The van der Waals surface area contributed by atoms with Crippen LogP contribution in [-0.4, -0.2) is 4.57 Å². The first-order chi connectivity index (χ1) is 18.1. The molecular formula is C33H21N3O. The van der Waals surface area contributed by atoms with Crippen molar-refractivity contribution in [3.63, 3.8) is 0 Å². The Hall–Kier alpha value is -5.06. The number of nitriles is 2. The molecule has 0 radical (unpaired) electrons. The summed E-state index contributed by atoms with van der Waals surface area (Å²) in [5.41, 5.74) is 9.72. The van der Waals surface area contributed by atoms with E-state index in [1.807, 2.05) is 30.3 Å². The molecule has 0 saturated carbocycles. The molecule has 1 aliphatic carbocycles. The average molecular weight is 476 g/mol. The topological polar surface area (TPSA) is 65.7 Å². The molecular weight excluding hydrogens is 454 g/mol. The van der Waals surface area contributed by atoms with Crippen LogP contribution in [0.15, 0.2) is 89.4 Å². The third-order valence-corrected chi connectivity index (χ3v) is 7.40. The van der Waals surface area contributed by atoms with Crippen LogP contribution in [0.4, 0.5) is 0 Å². The molecule has 0 amide bonds. The lowest BCUT2D eigenvalue weighted by atomic mass is 9.94. The van der Waals surface area contributed by atoms with E-state index in [0.717, 1.165) is 56.1 Å². The molecule has 174 valence electrons. The van der Waals surface area contributed by atoms with Crippen LogP contribution >= 0.6 is 0 Å². The first kappa shape index (κ1) is 21.2. The lowest BCUT2D eigenvalue weighted by Crippen LogP contribution is -2.09. The van der Waals surface area contributed by atoms with Crippen molar-refractivity contribution in [2.75, 3.05) is 0 Å². The van der Waals surface area contributed by atoms with E-state index in [-0.39, 0.29) is 0 Å². The zero-order chi connectivity index (χ0) is 25.1. The number of allylic oxidation sites excluding steroid dienone is 1. The molecule has 37 heavy (non-hydrogen) atoms. The van der Waals surface area contributed by atoms with E-state index in [1.54, 1.807) is 6.07 Å². The Balaban J connectivity index is 1.50. The fourth-order valence-electron chi connectivity index (χ4n) is 5.66. The molecule has 1 aliphatic rings. The standard InChI is InChI=1S/C33H21N3O/c1-20-6-10-25-26-15-21(18-34)7-11-30(26)36(31(25)14-20)29-5-3-2-4-24(29)23-9-13-33-28(17-23)27-16-22(19-35)8-12-32(27)37-33/h2-13,15-17,20H,14H2,1H3. The maximum Gasteiger partial charge on any atom is 0.135 e. The van der Waals surface area contributed by atoms with E-state index in [9.17, 15) is 10.5 Å². The third-order valence-electron chi connectivity index (χ3n) is 7.40. The highest BCUT2D eigenvalue weighted by Crippen LogP contribution is 2.40. The van der Waals surface area contributed by atoms with E-state index in [2.05, 4.69) is 78.2 Å². The molecule has 2 heterocycles. The first-order valence-corrected chi connectivity index (χ1v) is 12.4. The van der Waals surface area contributed by atoms with Crippen LogP contribution in [-0.2, 0) is 6.42 Å². The van der Waals surface area contributed by atoms with Gasteiger partial charge in [0.1, 0.15) is 11.2 Å². The average Bonchev–Trinajstić information content (AvgIpc) is 3.46. The van der Waals surface area contributed by atoms with Crippen LogP contribution in [0.25, 0.3) is 55.7 Å². The summed E-state index contributed by atoms with van der Waals surface area (Å²) >= 11 is 0. The number of furan rings is 1. The van der Waals surface area contributed by atoms with Crippen molar-refractivity contribution in [2.45, 2.75) is 13.3 Å². The molecule has 4 nitrogen and oxygen atoms in total. The van der Waals surface area contributed by atoms with Gasteiger partial charge >= 0.3 is 0 Å². The number of aromatic nitrogens is 1. The first-order valence-electron chi connectivity index (χ1n) is 12.4. The number of fused-ring (bicyclic) bond motifs is 6. The Morgan fingerprint density at radius 2 is 1.51 bits per heavy atom. The van der Waals surface area contributed by atoms with Crippen molar-refractivity contribution in [2.24, 2.45) is 5.92 Å². The quantitative estimate of drug-likeness (QED) is 0.254. The molecule has 0 saturated heterocycles. The van der Waals surface area contributed by atoms with Crippen LogP contribution in [0.3, 0.4) is 0 Å². The third kappa shape index (κ3) is 3.20. The smallest absolute Gasteiger partial charge is 0.135 e. The van der Waals surface area contributed by atoms with Gasteiger partial charge in [0.15, 0.2) is 0 Å². The normalized spacial score (nSPS) is 14.6. The lowest BCUT2D eigenvalue weighted by molar-refractivity contribution is 0.669. The molecule has 2 aromatic heterocycles. The van der Waals surface area contributed by atoms with Crippen molar-refractivity contribution in [3.8, 4) is 29.0 Å². The highest BCUT2D eigenvalue weighted by Gasteiger charge is 2.23. The summed E-state index contributed by atoms with van der Waals surface area (Å²) in [4.78, 5) is 0. The highest BCUT2D eigenvalue weighted by atomic mass is 16.3. The number of rotatable bonds is 2. The summed E-state index contributed by atoms with van der Waals surface area (Å²) in [6, 6.07) is 30.8. The van der Waals surface area contributed by atoms with Gasteiger partial charge in [0, 0.05) is 33.0 Å². The van der Waals surface area contributed by atoms with Gasteiger partial charge in [-0.3, -0.25) is 0 Å². The molecule has 0 fully saturated rings. The van der Waals surface area contributed by atoms with Gasteiger partial charge in [-0.2, -0.15) is 10.5 Å². The van der Waals surface area contributed by atoms with Crippen LogP contribution < -0.4 is 0 Å². The fraction of sp³-hybridized carbons (Fsp3) is 0.0909. The zero-order valence-electron chi connectivity index (χ0n) is 20.2. The molecule has 0 bridgehead atoms. The Morgan fingerprint density at radius 1 is 0.811 bits per heavy atom. The molecule has 1 unspecified atom stereocenters. The minimum Gasteiger partial charge on any atom is -0.456 e. The minimum absolute atomic E-state index is 0.432. The van der Waals surface area contributed by atoms with Crippen LogP contribution in [0, 0.1) is 28.6 Å². The Morgan fingerprint density at radius 3 is 2.32 bits per heavy atom. The highest BCUT2D eigenvalue weighted by molar-refractivity contribution is 6.07. The molecule has 0 spiro atoms. The zero-order valence-corrected chi connectivity index (χ0v) is 20.2. The number of hydrogen-bond donors (Lipinski definition) is 0. The lowest BCUT2D eigenvalue weighted by Gasteiger charge is -2.19. The molecule has 4 aromatic carbocycles. The maximum absolute atomic E-state index is 9.54. The van der Waals surface area contributed by atoms with Crippen molar-refractivity contribution >= 4 is 38.9 Å². The van der Waals surface area contributed by atoms with Gasteiger partial charge in [0.05, 0.1) is 34.5 Å². The van der Waals surface area contributed by atoms with Crippen molar-refractivity contribution in [3.05, 3.63) is 107 Å². The predicted octanol–water partition coefficient (Wildman–Crippen LogP) is 8.15. The van der Waals surface area contributed by atoms with Gasteiger partial charge in [0.25, 0.3) is 0 Å². The minimum atomic E-state index is 0.432. The molecule has 0 N–H and O–H groups in total. The van der Waals surface area contributed by atoms with Crippen molar-refractivity contribution in [1.29, 1.82) is 10.5 Å². The van der Waals surface area contributed by atoms with Gasteiger partial charge in [-0.05, 0) is 72.5 Å². The summed E-state index contributed by atoms with van der Waals surface area (Å²) in [6.07, 6.45) is 5.39. The molecule has 4 heteroatoms. The van der Waals surface area contributed by atoms with E-state index in [1.165, 1.54) is 11.3 Å². The van der Waals surface area contributed by atoms with E-state index < -0.39 is 0 Å². The Labute approximate surface area is 213 Å². The maximum atomic E-state index is 9.54. The molecule has 6 aromatic rings. The van der Waals surface area contributed by atoms with E-state index in [4.69, 9.17) is 4.42 Å². The van der Waals surface area contributed by atoms with Crippen LogP contribution in [0.1, 0.15) is 29.3 Å². The SMILES string of the molecule is CC1C=Cc2c(n(-c3ccccc3-c3ccc4oc5ccc(C#N)cc5c4c3)c3ccc(C#N)cc23)C1. The second kappa shape index (κ2) is 7.98. The Kier molecular flexibility index (Phi) is 4.58. The number of hydrogen-bond acceptors (Lipinski definition) is 3. The number of benzene rings is 4. The summed E-state index contributed by atoms with van der Waals surface area (Å²) < 4.78 is 8.43. The number of para-hydroxylation sites is 1. The van der Waals surface area contributed by atoms with Crippen LogP contribution in [0.2, 0.25) is 0 Å². The van der Waals surface area contributed by atoms with Crippen LogP contribution in [0.5, 0.6) is 0 Å². The second-order valence-corrected chi connectivity index (χ2v) is 9.73. The molecule has 1 atom stereocenters. The summed E-state index contributed by atoms with van der Waals surface area (Å²) in [6.45, 7) is 2.24.